The number of aromatic nitrogens is 4. The molecule has 0 spiro atoms. The van der Waals surface area contributed by atoms with E-state index in [0.29, 0.717) is 35.1 Å². The molecule has 1 atom stereocenters. The van der Waals surface area contributed by atoms with Crippen LogP contribution in [0.2, 0.25) is 5.02 Å². The standard InChI is InChI=1S/C32H27ClF2N4O4/c1-32(2)17-42-16-28(32)39-27-12-19(30(40)41)5-8-26(27)37-29(39)13-20-11-24(35)22(14-23(20)34)25-9-10-36-31(38-25)43-15-18-3-6-21(33)7-4-18/h3-12,14,28H,13,15-17H2,1-2H3,(H,40,41)/t28-/m1/s1. The minimum absolute atomic E-state index is 0.0205. The van der Waals surface area contributed by atoms with E-state index in [9.17, 15) is 9.90 Å². The quantitative estimate of drug-likeness (QED) is 0.206. The van der Waals surface area contributed by atoms with E-state index in [2.05, 4.69) is 9.97 Å². The van der Waals surface area contributed by atoms with Crippen molar-refractivity contribution < 1.29 is 28.2 Å². The molecule has 3 aromatic carbocycles. The molecule has 1 fully saturated rings. The van der Waals surface area contributed by atoms with Crippen molar-refractivity contribution in [3.63, 3.8) is 0 Å². The Kier molecular flexibility index (Phi) is 7.57. The summed E-state index contributed by atoms with van der Waals surface area (Å²) in [6, 6.07) is 15.3. The van der Waals surface area contributed by atoms with Gasteiger partial charge < -0.3 is 19.1 Å². The van der Waals surface area contributed by atoms with E-state index in [1.165, 1.54) is 18.3 Å². The van der Waals surface area contributed by atoms with Gasteiger partial charge in [-0.1, -0.05) is 37.6 Å². The van der Waals surface area contributed by atoms with Gasteiger partial charge in [0.05, 0.1) is 41.5 Å². The van der Waals surface area contributed by atoms with Crippen LogP contribution in [0.25, 0.3) is 22.3 Å². The van der Waals surface area contributed by atoms with Crippen LogP contribution >= 0.6 is 11.6 Å². The zero-order valence-corrected chi connectivity index (χ0v) is 24.1. The molecule has 5 aromatic rings. The molecular weight excluding hydrogens is 578 g/mol. The smallest absolute Gasteiger partial charge is 0.335 e. The van der Waals surface area contributed by atoms with Crippen LogP contribution in [-0.2, 0) is 17.8 Å². The predicted octanol–water partition coefficient (Wildman–Crippen LogP) is 6.89. The molecule has 6 rings (SSSR count). The lowest BCUT2D eigenvalue weighted by atomic mass is 9.87. The molecule has 220 valence electrons. The first-order valence-electron chi connectivity index (χ1n) is 13.6. The second-order valence-corrected chi connectivity index (χ2v) is 11.6. The van der Waals surface area contributed by atoms with Gasteiger partial charge in [0, 0.05) is 28.6 Å². The minimum Gasteiger partial charge on any atom is -0.478 e. The van der Waals surface area contributed by atoms with Crippen molar-refractivity contribution >= 4 is 28.6 Å². The lowest BCUT2D eigenvalue weighted by Crippen LogP contribution is -2.27. The lowest BCUT2D eigenvalue weighted by Gasteiger charge is -2.28. The summed E-state index contributed by atoms with van der Waals surface area (Å²) in [6.07, 6.45) is 1.40. The number of benzene rings is 3. The SMILES string of the molecule is CC1(C)COC[C@H]1n1c(Cc2cc(F)c(-c3ccnc(OCc4ccc(Cl)cc4)n3)cc2F)nc2ccc(C(=O)O)cc21. The van der Waals surface area contributed by atoms with Crippen LogP contribution < -0.4 is 4.74 Å². The Morgan fingerprint density at radius 2 is 1.88 bits per heavy atom. The third-order valence-corrected chi connectivity index (χ3v) is 7.90. The average molecular weight is 605 g/mol. The van der Waals surface area contributed by atoms with E-state index in [-0.39, 0.29) is 52.9 Å². The number of hydrogen-bond donors (Lipinski definition) is 1. The molecule has 8 nitrogen and oxygen atoms in total. The summed E-state index contributed by atoms with van der Waals surface area (Å²) < 4.78 is 44.5. The molecular formula is C32H27ClF2N4O4. The number of hydrogen-bond acceptors (Lipinski definition) is 6. The van der Waals surface area contributed by atoms with Crippen LogP contribution in [0.3, 0.4) is 0 Å². The van der Waals surface area contributed by atoms with Crippen LogP contribution in [0.15, 0.2) is 66.9 Å². The van der Waals surface area contributed by atoms with Crippen molar-refractivity contribution in [2.24, 2.45) is 5.41 Å². The van der Waals surface area contributed by atoms with Crippen molar-refractivity contribution in [1.82, 2.24) is 19.5 Å². The Morgan fingerprint density at radius 1 is 1.09 bits per heavy atom. The summed E-state index contributed by atoms with van der Waals surface area (Å²) in [5.41, 5.74) is 2.05. The summed E-state index contributed by atoms with van der Waals surface area (Å²) in [5.74, 6) is -1.89. The molecule has 1 aliphatic rings. The number of carboxylic acid groups (broad SMARTS) is 1. The van der Waals surface area contributed by atoms with E-state index in [4.69, 9.17) is 26.1 Å². The first-order chi connectivity index (χ1) is 20.6. The van der Waals surface area contributed by atoms with Crippen LogP contribution in [-0.4, -0.2) is 43.8 Å². The molecule has 0 aliphatic carbocycles. The number of carbonyl (C=O) groups is 1. The maximum atomic E-state index is 15.6. The maximum absolute atomic E-state index is 15.6. The van der Waals surface area contributed by atoms with E-state index in [0.717, 1.165) is 17.7 Å². The monoisotopic (exact) mass is 604 g/mol. The van der Waals surface area contributed by atoms with E-state index in [1.807, 2.05) is 18.4 Å². The normalized spacial score (nSPS) is 16.1. The van der Waals surface area contributed by atoms with Crippen molar-refractivity contribution in [2.45, 2.75) is 32.9 Å². The number of imidazole rings is 1. The fraction of sp³-hybridized carbons (Fsp3) is 0.250. The second-order valence-electron chi connectivity index (χ2n) is 11.2. The molecule has 0 bridgehead atoms. The van der Waals surface area contributed by atoms with Gasteiger partial charge in [0.25, 0.3) is 0 Å². The van der Waals surface area contributed by atoms with Crippen molar-refractivity contribution in [1.29, 1.82) is 0 Å². The lowest BCUT2D eigenvalue weighted by molar-refractivity contribution is 0.0697. The molecule has 2 aromatic heterocycles. The highest BCUT2D eigenvalue weighted by Crippen LogP contribution is 2.40. The predicted molar refractivity (Wildman–Crippen MR) is 156 cm³/mol. The second kappa shape index (κ2) is 11.3. The van der Waals surface area contributed by atoms with Gasteiger partial charge in [0.15, 0.2) is 0 Å². The van der Waals surface area contributed by atoms with Gasteiger partial charge in [-0.05, 0) is 59.7 Å². The number of rotatable bonds is 8. The fourth-order valence-electron chi connectivity index (χ4n) is 5.31. The van der Waals surface area contributed by atoms with Crippen molar-refractivity contribution in [3.8, 4) is 17.3 Å². The molecule has 1 N–H and O–H groups in total. The van der Waals surface area contributed by atoms with Crippen LogP contribution in [0, 0.1) is 17.0 Å². The van der Waals surface area contributed by atoms with Gasteiger partial charge in [0.1, 0.15) is 24.1 Å². The van der Waals surface area contributed by atoms with Gasteiger partial charge in [-0.15, -0.1) is 0 Å². The highest BCUT2D eigenvalue weighted by molar-refractivity contribution is 6.30. The van der Waals surface area contributed by atoms with Crippen molar-refractivity contribution in [3.05, 3.63) is 106 Å². The van der Waals surface area contributed by atoms with E-state index < -0.39 is 17.6 Å². The number of aromatic carboxylic acids is 1. The molecule has 43 heavy (non-hydrogen) atoms. The molecule has 0 saturated carbocycles. The summed E-state index contributed by atoms with van der Waals surface area (Å²) >= 11 is 5.92. The zero-order valence-electron chi connectivity index (χ0n) is 23.4. The highest BCUT2D eigenvalue weighted by Gasteiger charge is 2.39. The average Bonchev–Trinajstić information content (AvgIpc) is 3.51. The van der Waals surface area contributed by atoms with Crippen LogP contribution in [0.5, 0.6) is 6.01 Å². The largest absolute Gasteiger partial charge is 0.478 e. The fourth-order valence-corrected chi connectivity index (χ4v) is 5.43. The van der Waals surface area contributed by atoms with Crippen LogP contribution in [0.1, 0.15) is 47.2 Å². The molecule has 0 radical (unpaired) electrons. The number of halogens is 3. The van der Waals surface area contributed by atoms with Crippen molar-refractivity contribution in [2.75, 3.05) is 13.2 Å². The van der Waals surface area contributed by atoms with Gasteiger partial charge in [-0.25, -0.2) is 23.5 Å². The first-order valence-corrected chi connectivity index (χ1v) is 14.0. The number of fused-ring (bicyclic) bond motifs is 1. The highest BCUT2D eigenvalue weighted by atomic mass is 35.5. The Balaban J connectivity index is 1.32. The van der Waals surface area contributed by atoms with Gasteiger partial charge in [-0.3, -0.25) is 0 Å². The number of nitrogens with zero attached hydrogens (tertiary/aromatic N) is 4. The molecule has 0 unspecified atom stereocenters. The number of carboxylic acids is 1. The van der Waals surface area contributed by atoms with Gasteiger partial charge in [0.2, 0.25) is 0 Å². The first kappa shape index (κ1) is 28.7. The Bertz CT molecular complexity index is 1840. The van der Waals surface area contributed by atoms with E-state index >= 15 is 8.78 Å². The summed E-state index contributed by atoms with van der Waals surface area (Å²) in [6.45, 7) is 5.15. The minimum atomic E-state index is -1.06. The summed E-state index contributed by atoms with van der Waals surface area (Å²) in [5, 5.41) is 10.2. The molecule has 0 amide bonds. The Hall–Kier alpha value is -4.41. The maximum Gasteiger partial charge on any atom is 0.335 e. The molecule has 11 heteroatoms. The topological polar surface area (TPSA) is 99.4 Å². The third kappa shape index (κ3) is 5.80. The molecule has 1 saturated heterocycles. The summed E-state index contributed by atoms with van der Waals surface area (Å²) in [7, 11) is 0. The molecule has 1 aliphatic heterocycles. The van der Waals surface area contributed by atoms with Gasteiger partial charge in [-0.2, -0.15) is 4.98 Å². The van der Waals surface area contributed by atoms with Gasteiger partial charge >= 0.3 is 12.0 Å². The molecule has 3 heterocycles. The number of ether oxygens (including phenoxy) is 2. The van der Waals surface area contributed by atoms with Crippen LogP contribution in [0.4, 0.5) is 8.78 Å². The third-order valence-electron chi connectivity index (χ3n) is 7.65. The Labute approximate surface area is 250 Å². The Morgan fingerprint density at radius 3 is 2.60 bits per heavy atom. The summed E-state index contributed by atoms with van der Waals surface area (Å²) in [4.78, 5) is 24.8. The zero-order chi connectivity index (χ0) is 30.3. The van der Waals surface area contributed by atoms with E-state index in [1.54, 1.807) is 36.4 Å².